The van der Waals surface area contributed by atoms with Crippen LogP contribution in [0.1, 0.15) is 67.2 Å². The lowest BCUT2D eigenvalue weighted by Crippen LogP contribution is -2.16. The molecule has 0 N–H and O–H groups in total. The molecule has 0 bridgehead atoms. The molecule has 1 aliphatic rings. The van der Waals surface area contributed by atoms with Crippen LogP contribution < -0.4 is 0 Å². The highest BCUT2D eigenvalue weighted by Gasteiger charge is 2.59. The molecule has 0 aromatic carbocycles. The number of epoxide rings is 1. The number of allylic oxidation sites excluding steroid dienone is 3. The van der Waals surface area contributed by atoms with Gasteiger partial charge in [-0.15, -0.1) is 0 Å². The molecule has 1 saturated heterocycles. The SMILES string of the molecule is CCOCC=C(C)CCC=C(C)CCC1(C)OC1(C)C. The Hall–Kier alpha value is -0.600. The lowest BCUT2D eigenvalue weighted by Gasteiger charge is -2.09. The summed E-state index contributed by atoms with van der Waals surface area (Å²) < 4.78 is 11.1. The van der Waals surface area contributed by atoms with Crippen molar-refractivity contribution in [2.45, 2.75) is 78.4 Å². The van der Waals surface area contributed by atoms with E-state index < -0.39 is 0 Å². The Morgan fingerprint density at radius 2 is 1.65 bits per heavy atom. The molecule has 0 aliphatic carbocycles. The van der Waals surface area contributed by atoms with Crippen molar-refractivity contribution < 1.29 is 9.47 Å². The monoisotopic (exact) mass is 280 g/mol. The number of rotatable bonds is 9. The maximum absolute atomic E-state index is 5.79. The molecule has 1 unspecified atom stereocenters. The van der Waals surface area contributed by atoms with Gasteiger partial charge in [0, 0.05) is 6.61 Å². The van der Waals surface area contributed by atoms with Gasteiger partial charge in [-0.25, -0.2) is 0 Å². The molecule has 1 aliphatic heterocycles. The second kappa shape index (κ2) is 7.42. The van der Waals surface area contributed by atoms with Crippen molar-refractivity contribution in [1.29, 1.82) is 0 Å². The average molecular weight is 280 g/mol. The van der Waals surface area contributed by atoms with Gasteiger partial charge in [-0.1, -0.05) is 23.3 Å². The van der Waals surface area contributed by atoms with Gasteiger partial charge in [0.1, 0.15) is 0 Å². The smallest absolute Gasteiger partial charge is 0.0949 e. The first-order chi connectivity index (χ1) is 9.31. The highest BCUT2D eigenvalue weighted by atomic mass is 16.6. The van der Waals surface area contributed by atoms with E-state index in [0.29, 0.717) is 0 Å². The van der Waals surface area contributed by atoms with Crippen LogP contribution in [0.25, 0.3) is 0 Å². The highest BCUT2D eigenvalue weighted by molar-refractivity contribution is 5.11. The van der Waals surface area contributed by atoms with E-state index in [0.717, 1.165) is 38.9 Å². The Labute approximate surface area is 125 Å². The van der Waals surface area contributed by atoms with Crippen LogP contribution >= 0.6 is 0 Å². The lowest BCUT2D eigenvalue weighted by atomic mass is 9.91. The minimum Gasteiger partial charge on any atom is -0.378 e. The topological polar surface area (TPSA) is 21.8 Å². The van der Waals surface area contributed by atoms with Gasteiger partial charge < -0.3 is 9.47 Å². The van der Waals surface area contributed by atoms with Gasteiger partial charge in [0.2, 0.25) is 0 Å². The Balaban J connectivity index is 2.20. The van der Waals surface area contributed by atoms with Crippen molar-refractivity contribution in [3.05, 3.63) is 23.3 Å². The van der Waals surface area contributed by atoms with Crippen LogP contribution in [0.5, 0.6) is 0 Å². The van der Waals surface area contributed by atoms with Gasteiger partial charge in [0.05, 0.1) is 17.8 Å². The van der Waals surface area contributed by atoms with Gasteiger partial charge in [-0.05, 0) is 67.2 Å². The van der Waals surface area contributed by atoms with Crippen molar-refractivity contribution in [2.75, 3.05) is 13.2 Å². The zero-order valence-electron chi connectivity index (χ0n) is 14.2. The lowest BCUT2D eigenvalue weighted by molar-refractivity contribution is 0.177. The molecule has 0 spiro atoms. The van der Waals surface area contributed by atoms with E-state index in [1.54, 1.807) is 0 Å². The van der Waals surface area contributed by atoms with Gasteiger partial charge in [0.25, 0.3) is 0 Å². The van der Waals surface area contributed by atoms with Crippen LogP contribution in [0.3, 0.4) is 0 Å². The third kappa shape index (κ3) is 5.41. The molecule has 1 atom stereocenters. The Morgan fingerprint density at radius 1 is 1.05 bits per heavy atom. The van der Waals surface area contributed by atoms with Crippen LogP contribution in [-0.4, -0.2) is 24.4 Å². The molecule has 0 saturated carbocycles. The maximum Gasteiger partial charge on any atom is 0.0949 e. The fourth-order valence-electron chi connectivity index (χ4n) is 2.39. The van der Waals surface area contributed by atoms with Crippen LogP contribution in [0.4, 0.5) is 0 Å². The highest BCUT2D eigenvalue weighted by Crippen LogP contribution is 2.50. The summed E-state index contributed by atoms with van der Waals surface area (Å²) in [6.45, 7) is 14.6. The zero-order valence-corrected chi connectivity index (χ0v) is 14.2. The summed E-state index contributed by atoms with van der Waals surface area (Å²) in [6, 6.07) is 0. The number of hydrogen-bond donors (Lipinski definition) is 0. The normalized spacial score (nSPS) is 25.9. The molecule has 116 valence electrons. The van der Waals surface area contributed by atoms with Crippen LogP contribution in [0.15, 0.2) is 23.3 Å². The molecule has 20 heavy (non-hydrogen) atoms. The van der Waals surface area contributed by atoms with E-state index in [9.17, 15) is 0 Å². The Bertz CT molecular complexity index is 366. The summed E-state index contributed by atoms with van der Waals surface area (Å²) in [4.78, 5) is 0. The molecule has 2 nitrogen and oxygen atoms in total. The fraction of sp³-hybridized carbons (Fsp3) is 0.778. The third-order valence-electron chi connectivity index (χ3n) is 4.49. The van der Waals surface area contributed by atoms with Crippen molar-refractivity contribution in [2.24, 2.45) is 0 Å². The van der Waals surface area contributed by atoms with E-state index >= 15 is 0 Å². The Kier molecular flexibility index (Phi) is 6.47. The number of hydrogen-bond acceptors (Lipinski definition) is 2. The van der Waals surface area contributed by atoms with Crippen molar-refractivity contribution >= 4 is 0 Å². The average Bonchev–Trinajstić information content (AvgIpc) is 2.87. The molecule has 2 heteroatoms. The summed E-state index contributed by atoms with van der Waals surface area (Å²) >= 11 is 0. The predicted octanol–water partition coefficient (Wildman–Crippen LogP) is 5.04. The van der Waals surface area contributed by atoms with E-state index in [4.69, 9.17) is 9.47 Å². The summed E-state index contributed by atoms with van der Waals surface area (Å²) in [5.41, 5.74) is 3.07. The summed E-state index contributed by atoms with van der Waals surface area (Å²) in [7, 11) is 0. The van der Waals surface area contributed by atoms with Crippen molar-refractivity contribution in [3.8, 4) is 0 Å². The van der Waals surface area contributed by atoms with Gasteiger partial charge in [-0.2, -0.15) is 0 Å². The summed E-state index contributed by atoms with van der Waals surface area (Å²) in [5, 5.41) is 0. The van der Waals surface area contributed by atoms with Gasteiger partial charge in [-0.3, -0.25) is 0 Å². The van der Waals surface area contributed by atoms with Crippen LogP contribution in [0.2, 0.25) is 0 Å². The van der Waals surface area contributed by atoms with E-state index in [1.807, 2.05) is 6.92 Å². The molecule has 0 aromatic rings. The molecule has 1 heterocycles. The maximum atomic E-state index is 5.79. The first kappa shape index (κ1) is 17.5. The van der Waals surface area contributed by atoms with Gasteiger partial charge in [0.15, 0.2) is 0 Å². The molecular formula is C18H32O2. The van der Waals surface area contributed by atoms with Crippen molar-refractivity contribution in [1.82, 2.24) is 0 Å². The molecule has 1 fully saturated rings. The number of ether oxygens (including phenoxy) is 2. The fourth-order valence-corrected chi connectivity index (χ4v) is 2.39. The molecule has 1 rings (SSSR count). The van der Waals surface area contributed by atoms with E-state index in [-0.39, 0.29) is 11.2 Å². The second-order valence-electron chi connectivity index (χ2n) is 6.64. The van der Waals surface area contributed by atoms with Gasteiger partial charge >= 0.3 is 0 Å². The van der Waals surface area contributed by atoms with Crippen LogP contribution in [-0.2, 0) is 9.47 Å². The largest absolute Gasteiger partial charge is 0.378 e. The minimum absolute atomic E-state index is 0.0753. The Morgan fingerprint density at radius 3 is 2.20 bits per heavy atom. The van der Waals surface area contributed by atoms with E-state index in [1.165, 1.54) is 11.1 Å². The standard InChI is InChI=1S/C18H32O2/c1-7-19-14-12-16(3)10-8-9-15(2)11-13-18(6)17(4,5)20-18/h9,12H,7-8,10-11,13-14H2,1-6H3. The summed E-state index contributed by atoms with van der Waals surface area (Å²) in [6.07, 6.45) is 9.08. The minimum atomic E-state index is 0.0753. The molecule has 0 aromatic heterocycles. The molecular weight excluding hydrogens is 248 g/mol. The first-order valence-electron chi connectivity index (χ1n) is 7.90. The van der Waals surface area contributed by atoms with Crippen molar-refractivity contribution in [3.63, 3.8) is 0 Å². The summed E-state index contributed by atoms with van der Waals surface area (Å²) in [5.74, 6) is 0. The third-order valence-corrected chi connectivity index (χ3v) is 4.49. The van der Waals surface area contributed by atoms with Crippen LogP contribution in [0, 0.1) is 0 Å². The zero-order chi connectivity index (χ0) is 15.2. The van der Waals surface area contributed by atoms with E-state index in [2.05, 4.69) is 46.8 Å². The first-order valence-corrected chi connectivity index (χ1v) is 7.90. The predicted molar refractivity (Wildman–Crippen MR) is 86.0 cm³/mol. The quantitative estimate of drug-likeness (QED) is 0.335. The second-order valence-corrected chi connectivity index (χ2v) is 6.64. The molecule has 0 radical (unpaired) electrons. The molecule has 0 amide bonds.